The van der Waals surface area contributed by atoms with E-state index in [1.807, 2.05) is 68.4 Å². The maximum absolute atomic E-state index is 13.4. The van der Waals surface area contributed by atoms with Crippen LogP contribution in [0, 0.1) is 19.7 Å². The summed E-state index contributed by atoms with van der Waals surface area (Å²) < 4.78 is 108. The number of hydrogen-bond donors (Lipinski definition) is 4. The number of nitrogens with one attached hydrogen (secondary N) is 2. The summed E-state index contributed by atoms with van der Waals surface area (Å²) in [7, 11) is -11.1. The number of hydrogen-bond acceptors (Lipinski definition) is 12. The van der Waals surface area contributed by atoms with E-state index in [0.29, 0.717) is 36.2 Å². The van der Waals surface area contributed by atoms with Crippen molar-refractivity contribution in [2.24, 2.45) is 0 Å². The Morgan fingerprint density at radius 3 is 1.98 bits per heavy atom. The third kappa shape index (κ3) is 14.8. The normalized spacial score (nSPS) is 11.5. The maximum Gasteiger partial charge on any atom is 0.294 e. The zero-order valence-corrected chi connectivity index (χ0v) is 37.5. The summed E-state index contributed by atoms with van der Waals surface area (Å²) in [6.07, 6.45) is 2.72. The molecular weight excluding hydrogens is 928 g/mol. The summed E-state index contributed by atoms with van der Waals surface area (Å²) in [5.41, 5.74) is 5.06. The minimum Gasteiger partial charge on any atom is -0.488 e. The van der Waals surface area contributed by atoms with E-state index in [9.17, 15) is 29.6 Å². The number of ether oxygens (including phenoxy) is 1. The van der Waals surface area contributed by atoms with Gasteiger partial charge in [0, 0.05) is 29.4 Å². The lowest BCUT2D eigenvalue weighted by molar-refractivity contribution is 0.303. The summed E-state index contributed by atoms with van der Waals surface area (Å²) in [4.78, 5) is 8.71. The lowest BCUT2D eigenvalue weighted by Gasteiger charge is -2.12. The molecule has 0 atom stereocenters. The fourth-order valence-electron chi connectivity index (χ4n) is 5.45. The van der Waals surface area contributed by atoms with Crippen molar-refractivity contribution in [1.82, 2.24) is 15.3 Å². The molecule has 62 heavy (non-hydrogen) atoms. The van der Waals surface area contributed by atoms with Gasteiger partial charge in [-0.05, 0) is 120 Å². The third-order valence-electron chi connectivity index (χ3n) is 8.65. The first kappa shape index (κ1) is 47.5. The number of rotatable bonds is 13. The minimum absolute atomic E-state index is 0.0666. The Bertz CT molecular complexity index is 2900. The Balaban J connectivity index is 0.000000267. The molecule has 0 aliphatic heterocycles. The Morgan fingerprint density at radius 2 is 1.40 bits per heavy atom. The van der Waals surface area contributed by atoms with Crippen LogP contribution in [0.3, 0.4) is 0 Å². The van der Waals surface area contributed by atoms with Gasteiger partial charge in [0.1, 0.15) is 51.7 Å². The van der Waals surface area contributed by atoms with Crippen molar-refractivity contribution in [2.45, 2.75) is 36.8 Å². The second kappa shape index (κ2) is 21.0. The second-order valence-corrected chi connectivity index (χ2v) is 19.7. The van der Waals surface area contributed by atoms with Crippen LogP contribution in [0.25, 0.3) is 22.2 Å². The van der Waals surface area contributed by atoms with Gasteiger partial charge in [-0.1, -0.05) is 47.5 Å². The first-order valence-electron chi connectivity index (χ1n) is 18.5. The summed E-state index contributed by atoms with van der Waals surface area (Å²) >= 11 is 3.56. The molecular formula is C43H42BrFN4O10S3. The van der Waals surface area contributed by atoms with Gasteiger partial charge in [0.15, 0.2) is 0 Å². The van der Waals surface area contributed by atoms with Gasteiger partial charge in [0.05, 0.1) is 32.1 Å². The van der Waals surface area contributed by atoms with Crippen molar-refractivity contribution in [1.29, 1.82) is 0 Å². The lowest BCUT2D eigenvalue weighted by Crippen LogP contribution is -2.21. The van der Waals surface area contributed by atoms with E-state index in [1.54, 1.807) is 30.3 Å². The standard InChI is InChI=1S/C29H26BrFN4O4S.2C7H8O3S/c1-40(36,37)12-11-32-16-23-7-10-27(39-23)20-5-8-26-24(14-20)29(34-18-33-26)35-22-6-9-28(25(30)15-22)38-17-19-3-2-4-21(31)13-19;2*1-6-2-4-7(5-3-6)11(8,9)10/h2-10,13-15,18,32H,11-12,16-17H2,1H3,(H,33,34,35);2*2-5H,1H3,(H,8,9,10). The van der Waals surface area contributed by atoms with Crippen LogP contribution in [0.1, 0.15) is 22.5 Å². The molecule has 0 fully saturated rings. The van der Waals surface area contributed by atoms with E-state index >= 15 is 0 Å². The zero-order chi connectivity index (χ0) is 45.1. The summed E-state index contributed by atoms with van der Waals surface area (Å²) in [6.45, 7) is 4.71. The number of aryl methyl sites for hydroxylation is 2. The van der Waals surface area contributed by atoms with Crippen LogP contribution in [0.4, 0.5) is 15.9 Å². The van der Waals surface area contributed by atoms with Crippen LogP contribution in [0.5, 0.6) is 5.75 Å². The molecule has 0 saturated heterocycles. The predicted octanol–water partition coefficient (Wildman–Crippen LogP) is 8.73. The van der Waals surface area contributed by atoms with Gasteiger partial charge in [-0.2, -0.15) is 16.8 Å². The number of anilines is 2. The molecule has 0 amide bonds. The molecule has 326 valence electrons. The molecule has 0 saturated carbocycles. The monoisotopic (exact) mass is 968 g/mol. The topological polar surface area (TPSA) is 215 Å². The zero-order valence-electron chi connectivity index (χ0n) is 33.5. The van der Waals surface area contributed by atoms with Gasteiger partial charge in [0.25, 0.3) is 20.2 Å². The number of aromatic nitrogens is 2. The first-order chi connectivity index (χ1) is 29.2. The number of halogens is 2. The quantitative estimate of drug-likeness (QED) is 0.0628. The van der Waals surface area contributed by atoms with E-state index in [4.69, 9.17) is 18.3 Å². The Labute approximate surface area is 367 Å². The predicted molar refractivity (Wildman–Crippen MR) is 239 cm³/mol. The van der Waals surface area contributed by atoms with Crippen molar-refractivity contribution in [3.05, 3.63) is 160 Å². The van der Waals surface area contributed by atoms with Crippen molar-refractivity contribution in [3.8, 4) is 17.1 Å². The van der Waals surface area contributed by atoms with E-state index in [2.05, 4.69) is 36.5 Å². The Morgan fingerprint density at radius 1 is 0.758 bits per heavy atom. The molecule has 7 aromatic rings. The van der Waals surface area contributed by atoms with E-state index < -0.39 is 30.1 Å². The van der Waals surface area contributed by atoms with Crippen LogP contribution in [-0.2, 0) is 43.2 Å². The molecule has 2 aromatic heterocycles. The van der Waals surface area contributed by atoms with Gasteiger partial charge in [-0.15, -0.1) is 0 Å². The number of sulfone groups is 1. The van der Waals surface area contributed by atoms with Gasteiger partial charge < -0.3 is 19.8 Å². The highest BCUT2D eigenvalue weighted by Crippen LogP contribution is 2.33. The smallest absolute Gasteiger partial charge is 0.294 e. The molecule has 0 spiro atoms. The fraction of sp³-hybridized carbons (Fsp3) is 0.163. The summed E-state index contributed by atoms with van der Waals surface area (Å²) in [5.74, 6) is 2.41. The molecule has 2 heterocycles. The minimum atomic E-state index is -4.02. The average Bonchev–Trinajstić information content (AvgIpc) is 3.68. The van der Waals surface area contributed by atoms with Gasteiger partial charge in [-0.3, -0.25) is 9.11 Å². The average molecular weight is 970 g/mol. The summed E-state index contributed by atoms with van der Waals surface area (Å²) in [5, 5.41) is 7.25. The molecule has 0 unspecified atom stereocenters. The number of benzene rings is 5. The molecule has 19 heteroatoms. The second-order valence-electron chi connectivity index (χ2n) is 13.8. The molecule has 0 aliphatic rings. The number of fused-ring (bicyclic) bond motifs is 1. The Hall–Kier alpha value is -5.54. The van der Waals surface area contributed by atoms with Crippen molar-refractivity contribution in [3.63, 3.8) is 0 Å². The molecule has 0 bridgehead atoms. The van der Waals surface area contributed by atoms with Gasteiger partial charge in [0.2, 0.25) is 0 Å². The van der Waals surface area contributed by atoms with Crippen LogP contribution in [0.15, 0.2) is 146 Å². The highest BCUT2D eigenvalue weighted by molar-refractivity contribution is 9.10. The molecule has 7 rings (SSSR count). The van der Waals surface area contributed by atoms with E-state index in [-0.39, 0.29) is 28.0 Å². The van der Waals surface area contributed by atoms with Crippen LogP contribution in [0.2, 0.25) is 0 Å². The third-order valence-corrected chi connectivity index (χ3v) is 11.9. The first-order valence-corrected chi connectivity index (χ1v) is 24.2. The van der Waals surface area contributed by atoms with E-state index in [1.165, 1.54) is 49.0 Å². The van der Waals surface area contributed by atoms with Gasteiger partial charge in [-0.25, -0.2) is 22.8 Å². The number of furan rings is 1. The molecule has 0 aliphatic carbocycles. The highest BCUT2D eigenvalue weighted by atomic mass is 79.9. The summed E-state index contributed by atoms with van der Waals surface area (Å²) in [6, 6.07) is 33.4. The van der Waals surface area contributed by atoms with Crippen molar-refractivity contribution >= 4 is 68.4 Å². The lowest BCUT2D eigenvalue weighted by atomic mass is 10.1. The van der Waals surface area contributed by atoms with Crippen LogP contribution in [-0.4, -0.2) is 62.9 Å². The van der Waals surface area contributed by atoms with Crippen molar-refractivity contribution in [2.75, 3.05) is 23.9 Å². The molecule has 14 nitrogen and oxygen atoms in total. The Kier molecular flexibility index (Phi) is 16.1. The molecule has 4 N–H and O–H groups in total. The largest absolute Gasteiger partial charge is 0.488 e. The fourth-order valence-corrected chi connectivity index (χ4v) is 7.42. The maximum atomic E-state index is 13.4. The van der Waals surface area contributed by atoms with Crippen LogP contribution < -0.4 is 15.4 Å². The molecule has 0 radical (unpaired) electrons. The number of nitrogens with zero attached hydrogens (tertiary/aromatic N) is 2. The van der Waals surface area contributed by atoms with E-state index in [0.717, 1.165) is 43.3 Å². The SMILES string of the molecule is CS(=O)(=O)CCNCc1ccc(-c2ccc3ncnc(Nc4ccc(OCc5cccc(F)c5)c(Br)c4)c3c2)o1.Cc1ccc(S(=O)(=O)O)cc1.Cc1ccc(S(=O)(=O)O)cc1. The molecule has 5 aromatic carbocycles. The van der Waals surface area contributed by atoms with Crippen LogP contribution >= 0.6 is 15.9 Å². The van der Waals surface area contributed by atoms with Crippen molar-refractivity contribution < 1.29 is 47.9 Å². The van der Waals surface area contributed by atoms with Gasteiger partial charge >= 0.3 is 0 Å². The highest BCUT2D eigenvalue weighted by Gasteiger charge is 2.12.